The van der Waals surface area contributed by atoms with Gasteiger partial charge >= 0.3 is 0 Å². The number of hydrogen-bond donors (Lipinski definition) is 0. The fourth-order valence-electron chi connectivity index (χ4n) is 3.04. The average Bonchev–Trinajstić information content (AvgIpc) is 2.70. The van der Waals surface area contributed by atoms with Gasteiger partial charge in [0.1, 0.15) is 11.5 Å². The van der Waals surface area contributed by atoms with Crippen LogP contribution in [0.1, 0.15) is 5.69 Å². The maximum Gasteiger partial charge on any atom is 0.123 e. The molecule has 0 N–H and O–H groups in total. The van der Waals surface area contributed by atoms with Crippen LogP contribution in [-0.4, -0.2) is 15.2 Å². The van der Waals surface area contributed by atoms with E-state index < -0.39 is 0 Å². The van der Waals surface area contributed by atoms with E-state index in [1.165, 1.54) is 12.1 Å². The monoisotopic (exact) mass is 341 g/mol. The van der Waals surface area contributed by atoms with Gasteiger partial charge in [-0.15, -0.1) is 5.10 Å². The van der Waals surface area contributed by atoms with E-state index in [0.717, 1.165) is 33.6 Å². The maximum atomic E-state index is 13.4. The van der Waals surface area contributed by atoms with Crippen molar-refractivity contribution in [1.29, 1.82) is 0 Å². The van der Waals surface area contributed by atoms with Crippen LogP contribution >= 0.6 is 0 Å². The van der Waals surface area contributed by atoms with Crippen LogP contribution < -0.4 is 0 Å². The fourth-order valence-corrected chi connectivity index (χ4v) is 3.04. The molecule has 126 valence electrons. The largest absolute Gasteiger partial charge is 0.256 e. The van der Waals surface area contributed by atoms with Crippen molar-refractivity contribution >= 4 is 0 Å². The number of nitrogens with zero attached hydrogens (tertiary/aromatic N) is 3. The second kappa shape index (κ2) is 6.84. The molecule has 0 atom stereocenters. The van der Waals surface area contributed by atoms with Crippen LogP contribution in [0.3, 0.4) is 0 Å². The van der Waals surface area contributed by atoms with E-state index in [0.29, 0.717) is 5.69 Å². The summed E-state index contributed by atoms with van der Waals surface area (Å²) < 4.78 is 13.4. The van der Waals surface area contributed by atoms with Crippen LogP contribution in [0.2, 0.25) is 0 Å². The molecule has 0 saturated carbocycles. The molecule has 4 aromatic rings. The summed E-state index contributed by atoms with van der Waals surface area (Å²) in [5, 5.41) is 8.80. The second-order valence-corrected chi connectivity index (χ2v) is 5.97. The SMILES string of the molecule is Cc1nnc(-c2ccc(F)cc2)c(-c2ccccc2)c1-c1ccccn1. The first-order valence-electron chi connectivity index (χ1n) is 8.34. The molecule has 4 rings (SSSR count). The van der Waals surface area contributed by atoms with Gasteiger partial charge in [0.2, 0.25) is 0 Å². The fraction of sp³-hybridized carbons (Fsp3) is 0.0455. The van der Waals surface area contributed by atoms with E-state index in [1.54, 1.807) is 18.3 Å². The van der Waals surface area contributed by atoms with E-state index in [1.807, 2.05) is 55.5 Å². The first kappa shape index (κ1) is 16.1. The average molecular weight is 341 g/mol. The normalized spacial score (nSPS) is 10.7. The Morgan fingerprint density at radius 1 is 0.692 bits per heavy atom. The number of halogens is 1. The van der Waals surface area contributed by atoms with Gasteiger partial charge in [0.05, 0.1) is 11.4 Å². The summed E-state index contributed by atoms with van der Waals surface area (Å²) in [6, 6.07) is 22.2. The van der Waals surface area contributed by atoms with Crippen molar-refractivity contribution in [2.45, 2.75) is 6.92 Å². The van der Waals surface area contributed by atoms with Crippen molar-refractivity contribution < 1.29 is 4.39 Å². The third-order valence-electron chi connectivity index (χ3n) is 4.25. The van der Waals surface area contributed by atoms with Gasteiger partial charge in [-0.1, -0.05) is 36.4 Å². The topological polar surface area (TPSA) is 38.7 Å². The zero-order chi connectivity index (χ0) is 17.9. The van der Waals surface area contributed by atoms with Crippen molar-refractivity contribution in [2.75, 3.05) is 0 Å². The van der Waals surface area contributed by atoms with Crippen LogP contribution in [-0.2, 0) is 0 Å². The second-order valence-electron chi connectivity index (χ2n) is 5.97. The molecule has 0 spiro atoms. The Bertz CT molecular complexity index is 1030. The third-order valence-corrected chi connectivity index (χ3v) is 4.25. The molecular formula is C22H16FN3. The summed E-state index contributed by atoms with van der Waals surface area (Å²) in [5.41, 5.74) is 6.06. The summed E-state index contributed by atoms with van der Waals surface area (Å²) in [4.78, 5) is 4.52. The summed E-state index contributed by atoms with van der Waals surface area (Å²) in [6.45, 7) is 1.93. The summed E-state index contributed by atoms with van der Waals surface area (Å²) in [6.07, 6.45) is 1.77. The van der Waals surface area contributed by atoms with Gasteiger partial charge in [0.25, 0.3) is 0 Å². The summed E-state index contributed by atoms with van der Waals surface area (Å²) >= 11 is 0. The van der Waals surface area contributed by atoms with E-state index in [9.17, 15) is 4.39 Å². The Morgan fingerprint density at radius 3 is 2.12 bits per heavy atom. The summed E-state index contributed by atoms with van der Waals surface area (Å²) in [5.74, 6) is -0.278. The number of pyridine rings is 1. The lowest BCUT2D eigenvalue weighted by Gasteiger charge is -2.16. The first-order chi connectivity index (χ1) is 12.7. The zero-order valence-electron chi connectivity index (χ0n) is 14.2. The standard InChI is InChI=1S/C22H16FN3/c1-15-20(19-9-5-6-14-24-19)21(16-7-3-2-4-8-16)22(26-25-15)17-10-12-18(23)13-11-17/h2-14H,1H3. The molecule has 0 aliphatic carbocycles. The molecule has 0 amide bonds. The van der Waals surface area contributed by atoms with Gasteiger partial charge in [-0.2, -0.15) is 5.10 Å². The van der Waals surface area contributed by atoms with Crippen LogP contribution in [0.4, 0.5) is 4.39 Å². The van der Waals surface area contributed by atoms with Crippen molar-refractivity contribution in [3.05, 3.63) is 90.5 Å². The predicted molar refractivity (Wildman–Crippen MR) is 101 cm³/mol. The highest BCUT2D eigenvalue weighted by Crippen LogP contribution is 2.38. The number of benzene rings is 2. The summed E-state index contributed by atoms with van der Waals surface area (Å²) in [7, 11) is 0. The van der Waals surface area contributed by atoms with Gasteiger partial charge < -0.3 is 0 Å². The minimum Gasteiger partial charge on any atom is -0.256 e. The number of rotatable bonds is 3. The molecule has 0 fully saturated rings. The van der Waals surface area contributed by atoms with Crippen molar-refractivity contribution in [3.63, 3.8) is 0 Å². The van der Waals surface area contributed by atoms with Crippen LogP contribution in [0.15, 0.2) is 79.0 Å². The smallest absolute Gasteiger partial charge is 0.123 e. The first-order valence-corrected chi connectivity index (χ1v) is 8.34. The molecule has 26 heavy (non-hydrogen) atoms. The molecule has 0 bridgehead atoms. The molecule has 2 heterocycles. The van der Waals surface area contributed by atoms with Crippen molar-refractivity contribution in [2.24, 2.45) is 0 Å². The highest BCUT2D eigenvalue weighted by Gasteiger charge is 2.19. The molecule has 0 aliphatic rings. The molecule has 0 saturated heterocycles. The van der Waals surface area contributed by atoms with Crippen LogP contribution in [0, 0.1) is 12.7 Å². The van der Waals surface area contributed by atoms with Gasteiger partial charge in [-0.05, 0) is 48.9 Å². The van der Waals surface area contributed by atoms with Gasteiger partial charge in [-0.25, -0.2) is 4.39 Å². The molecule has 2 aromatic heterocycles. The van der Waals surface area contributed by atoms with Crippen LogP contribution in [0.25, 0.3) is 33.6 Å². The highest BCUT2D eigenvalue weighted by atomic mass is 19.1. The molecule has 4 heteroatoms. The molecule has 0 aliphatic heterocycles. The Labute approximate surface area is 151 Å². The van der Waals surface area contributed by atoms with E-state index >= 15 is 0 Å². The predicted octanol–water partition coefficient (Wildman–Crippen LogP) is 5.32. The van der Waals surface area contributed by atoms with Gasteiger partial charge in [0, 0.05) is 22.9 Å². The molecule has 0 radical (unpaired) electrons. The minimum atomic E-state index is -0.278. The van der Waals surface area contributed by atoms with Crippen molar-refractivity contribution in [3.8, 4) is 33.6 Å². The zero-order valence-corrected chi connectivity index (χ0v) is 14.2. The molecule has 3 nitrogen and oxygen atoms in total. The Hall–Kier alpha value is -3.40. The number of aryl methyl sites for hydroxylation is 1. The van der Waals surface area contributed by atoms with Crippen molar-refractivity contribution in [1.82, 2.24) is 15.2 Å². The number of hydrogen-bond acceptors (Lipinski definition) is 3. The van der Waals surface area contributed by atoms with E-state index in [-0.39, 0.29) is 5.82 Å². The Balaban J connectivity index is 2.06. The lowest BCUT2D eigenvalue weighted by Crippen LogP contribution is -2.01. The number of aromatic nitrogens is 3. The maximum absolute atomic E-state index is 13.4. The lowest BCUT2D eigenvalue weighted by atomic mass is 9.92. The highest BCUT2D eigenvalue weighted by molar-refractivity contribution is 5.92. The van der Waals surface area contributed by atoms with Gasteiger partial charge in [0.15, 0.2) is 0 Å². The van der Waals surface area contributed by atoms with Crippen LogP contribution in [0.5, 0.6) is 0 Å². The quantitative estimate of drug-likeness (QED) is 0.506. The third kappa shape index (κ3) is 2.97. The molecule has 0 unspecified atom stereocenters. The molecule has 2 aromatic carbocycles. The van der Waals surface area contributed by atoms with E-state index in [4.69, 9.17) is 0 Å². The molecular weight excluding hydrogens is 325 g/mol. The lowest BCUT2D eigenvalue weighted by molar-refractivity contribution is 0.628. The Morgan fingerprint density at radius 2 is 1.42 bits per heavy atom. The van der Waals surface area contributed by atoms with Gasteiger partial charge in [-0.3, -0.25) is 4.98 Å². The Kier molecular flexibility index (Phi) is 4.23. The minimum absolute atomic E-state index is 0.278. The van der Waals surface area contributed by atoms with E-state index in [2.05, 4.69) is 15.2 Å².